The minimum absolute atomic E-state index is 0.0463. The molecule has 0 radical (unpaired) electrons. The number of nitrogens with zero attached hydrogens (tertiary/aromatic N) is 5. The molecule has 1 unspecified atom stereocenters. The first-order chi connectivity index (χ1) is 17.8. The van der Waals surface area contributed by atoms with Crippen LogP contribution in [0, 0.1) is 0 Å². The monoisotopic (exact) mass is 531 g/mol. The summed E-state index contributed by atoms with van der Waals surface area (Å²) in [7, 11) is -3.78. The molecule has 0 spiro atoms. The van der Waals surface area contributed by atoms with Crippen molar-refractivity contribution >= 4 is 27.5 Å². The predicted octanol–water partition coefficient (Wildman–Crippen LogP) is 1.89. The third-order valence-electron chi connectivity index (χ3n) is 6.84. The van der Waals surface area contributed by atoms with E-state index in [1.54, 1.807) is 12.1 Å². The fourth-order valence-electron chi connectivity index (χ4n) is 4.89. The third-order valence-corrected chi connectivity index (χ3v) is 8.74. The van der Waals surface area contributed by atoms with Crippen LogP contribution in [-0.4, -0.2) is 104 Å². The highest BCUT2D eigenvalue weighted by molar-refractivity contribution is 7.89. The Morgan fingerprint density at radius 3 is 2.49 bits per heavy atom. The Hall–Kier alpha value is -2.60. The number of fused-ring (bicyclic) bond motifs is 1. The van der Waals surface area contributed by atoms with Crippen LogP contribution in [0.1, 0.15) is 45.6 Å². The zero-order valence-corrected chi connectivity index (χ0v) is 22.7. The number of hydrogen-bond donors (Lipinski definition) is 1. The van der Waals surface area contributed by atoms with Crippen molar-refractivity contribution in [2.24, 2.45) is 9.98 Å². The van der Waals surface area contributed by atoms with Crippen molar-refractivity contribution in [3.63, 3.8) is 0 Å². The Morgan fingerprint density at radius 2 is 1.84 bits per heavy atom. The van der Waals surface area contributed by atoms with Gasteiger partial charge in [-0.3, -0.25) is 9.69 Å². The van der Waals surface area contributed by atoms with Crippen LogP contribution in [-0.2, 0) is 14.8 Å². The molecule has 11 heteroatoms. The first-order valence-electron chi connectivity index (χ1n) is 13.1. The zero-order valence-electron chi connectivity index (χ0n) is 21.9. The van der Waals surface area contributed by atoms with E-state index in [1.165, 1.54) is 10.4 Å². The number of β-amino-alcohol motifs (C(OH)–C–C–N with tert-alkyl or cyclic N) is 1. The number of carbonyl (C=O) groups is 1. The lowest BCUT2D eigenvalue weighted by atomic mass is 10.0. The van der Waals surface area contributed by atoms with Crippen molar-refractivity contribution in [3.8, 4) is 5.75 Å². The number of piperazine rings is 1. The smallest absolute Gasteiger partial charge is 0.276 e. The minimum Gasteiger partial charge on any atom is -0.493 e. The number of rotatable bonds is 11. The number of aliphatic imine (C=N–C) groups is 2. The van der Waals surface area contributed by atoms with Crippen LogP contribution >= 0.6 is 0 Å². The summed E-state index contributed by atoms with van der Waals surface area (Å²) in [6, 6.07) is 4.18. The maximum atomic E-state index is 13.5. The largest absolute Gasteiger partial charge is 0.493 e. The molecule has 1 fully saturated rings. The number of ether oxygens (including phenoxy) is 1. The molecular weight excluding hydrogens is 494 g/mol. The highest BCUT2D eigenvalue weighted by atomic mass is 32.2. The van der Waals surface area contributed by atoms with Gasteiger partial charge in [0.2, 0.25) is 10.0 Å². The molecule has 202 valence electrons. The van der Waals surface area contributed by atoms with Gasteiger partial charge in [-0.25, -0.2) is 13.4 Å². The van der Waals surface area contributed by atoms with Gasteiger partial charge in [0.05, 0.1) is 29.4 Å². The van der Waals surface area contributed by atoms with Gasteiger partial charge in [-0.15, -0.1) is 0 Å². The molecule has 3 heterocycles. The standard InChI is InChI=1S/C26H37N5O5S/c1-4-7-19-18-30(6-3)24-23(19)27-25(28-26(24)33)21-17-20(8-9-22(21)36-16-5-2)37(34,35)31-12-10-29(11-13-31)14-15-32/h8-9,17-18,24,32H,4-7,10-16H2,1-3H3. The number of amides is 1. The zero-order chi connectivity index (χ0) is 26.6. The lowest BCUT2D eigenvalue weighted by molar-refractivity contribution is -0.119. The van der Waals surface area contributed by atoms with E-state index in [0.717, 1.165) is 24.8 Å². The van der Waals surface area contributed by atoms with E-state index in [2.05, 4.69) is 11.9 Å². The van der Waals surface area contributed by atoms with E-state index >= 15 is 0 Å². The summed E-state index contributed by atoms with van der Waals surface area (Å²) in [6.45, 7) is 9.53. The second kappa shape index (κ2) is 11.8. The molecule has 0 saturated carbocycles. The van der Waals surface area contributed by atoms with E-state index in [0.29, 0.717) is 62.9 Å². The average Bonchev–Trinajstić information content (AvgIpc) is 3.26. The lowest BCUT2D eigenvalue weighted by Crippen LogP contribution is -2.49. The molecule has 4 rings (SSSR count). The Morgan fingerprint density at radius 1 is 1.08 bits per heavy atom. The molecule has 3 aliphatic rings. The molecule has 1 atom stereocenters. The third kappa shape index (κ3) is 5.64. The summed E-state index contributed by atoms with van der Waals surface area (Å²) >= 11 is 0. The van der Waals surface area contributed by atoms with Crippen molar-refractivity contribution < 1.29 is 23.1 Å². The van der Waals surface area contributed by atoms with Crippen molar-refractivity contribution in [2.45, 2.75) is 51.0 Å². The first-order valence-corrected chi connectivity index (χ1v) is 14.6. The van der Waals surface area contributed by atoms with Gasteiger partial charge < -0.3 is 14.7 Å². The lowest BCUT2D eigenvalue weighted by Gasteiger charge is -2.33. The Balaban J connectivity index is 1.70. The SMILES string of the molecule is CCCOc1ccc(S(=O)(=O)N2CCN(CCO)CC2)cc1C1=NC(=O)C2C(=N1)C(CCC)=CN2CC. The van der Waals surface area contributed by atoms with Crippen LogP contribution in [0.4, 0.5) is 0 Å². The number of likely N-dealkylation sites (N-methyl/N-ethyl adjacent to an activating group) is 1. The summed E-state index contributed by atoms with van der Waals surface area (Å²) in [5.41, 5.74) is 2.10. The molecule has 1 aromatic carbocycles. The fraction of sp³-hybridized carbons (Fsp3) is 0.577. The molecule has 3 aliphatic heterocycles. The van der Waals surface area contributed by atoms with E-state index in [-0.39, 0.29) is 23.2 Å². The Bertz CT molecular complexity index is 1200. The topological polar surface area (TPSA) is 115 Å². The first kappa shape index (κ1) is 27.4. The fourth-order valence-corrected chi connectivity index (χ4v) is 6.34. The van der Waals surface area contributed by atoms with Crippen molar-refractivity contribution in [1.29, 1.82) is 0 Å². The van der Waals surface area contributed by atoms with Crippen LogP contribution in [0.25, 0.3) is 0 Å². The van der Waals surface area contributed by atoms with Crippen molar-refractivity contribution in [1.82, 2.24) is 14.1 Å². The molecule has 1 N–H and O–H groups in total. The summed E-state index contributed by atoms with van der Waals surface area (Å²) in [5.74, 6) is 0.334. The number of aliphatic hydroxyl groups is 1. The number of amidine groups is 1. The van der Waals surface area contributed by atoms with Crippen LogP contribution in [0.3, 0.4) is 0 Å². The number of hydrogen-bond acceptors (Lipinski definition) is 8. The molecule has 0 aliphatic carbocycles. The minimum atomic E-state index is -3.78. The second-order valence-corrected chi connectivity index (χ2v) is 11.3. The number of aliphatic hydroxyl groups excluding tert-OH is 1. The van der Waals surface area contributed by atoms with Crippen LogP contribution in [0.5, 0.6) is 5.75 Å². The van der Waals surface area contributed by atoms with Gasteiger partial charge in [0.15, 0.2) is 11.9 Å². The van der Waals surface area contributed by atoms with Crippen molar-refractivity contribution in [2.75, 3.05) is 52.5 Å². The van der Waals surface area contributed by atoms with E-state index < -0.39 is 16.1 Å². The van der Waals surface area contributed by atoms with Gasteiger partial charge in [0.25, 0.3) is 5.91 Å². The van der Waals surface area contributed by atoms with Gasteiger partial charge in [-0.2, -0.15) is 9.30 Å². The molecule has 1 aromatic rings. The summed E-state index contributed by atoms with van der Waals surface area (Å²) in [5, 5.41) is 9.18. The maximum absolute atomic E-state index is 13.5. The Labute approximate surface area is 219 Å². The van der Waals surface area contributed by atoms with Crippen molar-refractivity contribution in [3.05, 3.63) is 35.5 Å². The number of benzene rings is 1. The van der Waals surface area contributed by atoms with Crippen LogP contribution < -0.4 is 4.74 Å². The van der Waals surface area contributed by atoms with E-state index in [4.69, 9.17) is 9.73 Å². The van der Waals surface area contributed by atoms with Crippen LogP contribution in [0.2, 0.25) is 0 Å². The molecule has 0 aromatic heterocycles. The molecule has 0 bridgehead atoms. The predicted molar refractivity (Wildman–Crippen MR) is 143 cm³/mol. The summed E-state index contributed by atoms with van der Waals surface area (Å²) < 4.78 is 34.5. The van der Waals surface area contributed by atoms with Gasteiger partial charge in [-0.1, -0.05) is 20.3 Å². The number of carbonyl (C=O) groups excluding carboxylic acids is 1. The molecule has 10 nitrogen and oxygen atoms in total. The number of sulfonamides is 1. The normalized spacial score (nSPS) is 21.0. The highest BCUT2D eigenvalue weighted by Gasteiger charge is 2.39. The van der Waals surface area contributed by atoms with Gasteiger partial charge in [0, 0.05) is 45.5 Å². The molecular formula is C26H37N5O5S. The molecule has 1 amide bonds. The average molecular weight is 532 g/mol. The summed E-state index contributed by atoms with van der Waals surface area (Å²) in [4.78, 5) is 26.4. The molecule has 1 saturated heterocycles. The highest BCUT2D eigenvalue weighted by Crippen LogP contribution is 2.31. The van der Waals surface area contributed by atoms with Gasteiger partial charge >= 0.3 is 0 Å². The second-order valence-electron chi connectivity index (χ2n) is 9.38. The van der Waals surface area contributed by atoms with Gasteiger partial charge in [-0.05, 0) is 43.5 Å². The van der Waals surface area contributed by atoms with Crippen LogP contribution in [0.15, 0.2) is 44.9 Å². The Kier molecular flexibility index (Phi) is 8.79. The quantitative estimate of drug-likeness (QED) is 0.464. The van der Waals surface area contributed by atoms with E-state index in [9.17, 15) is 18.3 Å². The maximum Gasteiger partial charge on any atom is 0.276 e. The molecule has 37 heavy (non-hydrogen) atoms. The summed E-state index contributed by atoms with van der Waals surface area (Å²) in [6.07, 6.45) is 4.48. The van der Waals surface area contributed by atoms with Gasteiger partial charge in [0.1, 0.15) is 5.75 Å². The van der Waals surface area contributed by atoms with E-state index in [1.807, 2.05) is 29.8 Å².